The molecule has 0 amide bonds. The van der Waals surface area contributed by atoms with Crippen molar-refractivity contribution in [3.63, 3.8) is 0 Å². The first kappa shape index (κ1) is 13.7. The number of anilines is 1. The predicted molar refractivity (Wildman–Crippen MR) is 74.0 cm³/mol. The highest BCUT2D eigenvalue weighted by atomic mass is 32.1. The Kier molecular flexibility index (Phi) is 5.34. The lowest BCUT2D eigenvalue weighted by atomic mass is 10.2. The minimum Gasteiger partial charge on any atom is -0.377 e. The number of nitrogens with zero attached hydrogens (tertiary/aromatic N) is 3. The molecule has 0 saturated carbocycles. The molecule has 0 radical (unpaired) electrons. The molecule has 1 saturated heterocycles. The predicted octanol–water partition coefficient (Wildman–Crippen LogP) is 1.97. The Morgan fingerprint density at radius 1 is 1.50 bits per heavy atom. The molecule has 0 aromatic carbocycles. The molecule has 0 aliphatic carbocycles. The molecule has 1 aromatic rings. The topological polar surface area (TPSA) is 50.3 Å². The Morgan fingerprint density at radius 3 is 3.11 bits per heavy atom. The third kappa shape index (κ3) is 4.19. The van der Waals surface area contributed by atoms with E-state index in [1.54, 1.807) is 11.3 Å². The van der Waals surface area contributed by atoms with Crippen LogP contribution in [0.2, 0.25) is 0 Å². The number of aromatic nitrogens is 2. The summed E-state index contributed by atoms with van der Waals surface area (Å²) in [6, 6.07) is 0. The SMILES string of the molecule is CCCNc1nnc(CN(C)CC2CCCO2)s1. The van der Waals surface area contributed by atoms with Gasteiger partial charge in [0.1, 0.15) is 5.01 Å². The van der Waals surface area contributed by atoms with Gasteiger partial charge in [0, 0.05) is 19.7 Å². The summed E-state index contributed by atoms with van der Waals surface area (Å²) in [5, 5.41) is 13.6. The van der Waals surface area contributed by atoms with E-state index in [2.05, 4.69) is 34.4 Å². The minimum atomic E-state index is 0.403. The smallest absolute Gasteiger partial charge is 0.205 e. The van der Waals surface area contributed by atoms with Gasteiger partial charge < -0.3 is 10.1 Å². The number of nitrogens with one attached hydrogen (secondary N) is 1. The first-order valence-corrected chi connectivity index (χ1v) is 7.46. The Balaban J connectivity index is 1.75. The van der Waals surface area contributed by atoms with Crippen molar-refractivity contribution in [3.8, 4) is 0 Å². The quantitative estimate of drug-likeness (QED) is 0.821. The van der Waals surface area contributed by atoms with E-state index < -0.39 is 0 Å². The second-order valence-electron chi connectivity index (χ2n) is 4.76. The fourth-order valence-electron chi connectivity index (χ4n) is 2.05. The van der Waals surface area contributed by atoms with Gasteiger partial charge in [-0.1, -0.05) is 18.3 Å². The second-order valence-corrected chi connectivity index (χ2v) is 5.82. The standard InChI is InChI=1S/C12H22N4OS/c1-3-6-13-12-15-14-11(18-12)9-16(2)8-10-5-4-7-17-10/h10H,3-9H2,1-2H3,(H,13,15). The van der Waals surface area contributed by atoms with E-state index in [1.165, 1.54) is 12.8 Å². The Labute approximate surface area is 113 Å². The van der Waals surface area contributed by atoms with Crippen LogP contribution < -0.4 is 5.32 Å². The van der Waals surface area contributed by atoms with Gasteiger partial charge in [-0.3, -0.25) is 4.90 Å². The molecule has 0 spiro atoms. The maximum absolute atomic E-state index is 5.63. The van der Waals surface area contributed by atoms with Crippen LogP contribution in [0.4, 0.5) is 5.13 Å². The second kappa shape index (κ2) is 7.01. The van der Waals surface area contributed by atoms with E-state index >= 15 is 0 Å². The zero-order valence-electron chi connectivity index (χ0n) is 11.2. The molecule has 1 aromatic heterocycles. The average Bonchev–Trinajstić information content (AvgIpc) is 2.98. The van der Waals surface area contributed by atoms with Crippen LogP contribution in [-0.2, 0) is 11.3 Å². The summed E-state index contributed by atoms with van der Waals surface area (Å²) >= 11 is 1.64. The first-order chi connectivity index (χ1) is 8.78. The van der Waals surface area contributed by atoms with E-state index in [-0.39, 0.29) is 0 Å². The van der Waals surface area contributed by atoms with Crippen molar-refractivity contribution in [2.24, 2.45) is 0 Å². The summed E-state index contributed by atoms with van der Waals surface area (Å²) < 4.78 is 5.63. The normalized spacial score (nSPS) is 19.6. The molecule has 1 atom stereocenters. The van der Waals surface area contributed by atoms with E-state index in [1.807, 2.05) is 0 Å². The largest absolute Gasteiger partial charge is 0.377 e. The average molecular weight is 270 g/mol. The van der Waals surface area contributed by atoms with Crippen LogP contribution in [0.5, 0.6) is 0 Å². The van der Waals surface area contributed by atoms with Gasteiger partial charge in [0.25, 0.3) is 0 Å². The van der Waals surface area contributed by atoms with Crippen LogP contribution in [-0.4, -0.2) is 47.9 Å². The highest BCUT2D eigenvalue weighted by Gasteiger charge is 2.18. The fraction of sp³-hybridized carbons (Fsp3) is 0.833. The van der Waals surface area contributed by atoms with Gasteiger partial charge in [0.15, 0.2) is 0 Å². The maximum Gasteiger partial charge on any atom is 0.205 e. The Bertz CT molecular complexity index is 352. The number of hydrogen-bond donors (Lipinski definition) is 1. The van der Waals surface area contributed by atoms with Crippen molar-refractivity contribution < 1.29 is 4.74 Å². The molecular weight excluding hydrogens is 248 g/mol. The number of hydrogen-bond acceptors (Lipinski definition) is 6. The van der Waals surface area contributed by atoms with Gasteiger partial charge in [0.05, 0.1) is 12.6 Å². The molecule has 1 fully saturated rings. The summed E-state index contributed by atoms with van der Waals surface area (Å²) in [5.74, 6) is 0. The van der Waals surface area contributed by atoms with Crippen molar-refractivity contribution >= 4 is 16.5 Å². The van der Waals surface area contributed by atoms with Crippen LogP contribution >= 0.6 is 11.3 Å². The Morgan fingerprint density at radius 2 is 2.39 bits per heavy atom. The van der Waals surface area contributed by atoms with Gasteiger partial charge in [-0.05, 0) is 26.3 Å². The van der Waals surface area contributed by atoms with E-state index in [4.69, 9.17) is 4.74 Å². The molecule has 1 aliphatic rings. The lowest BCUT2D eigenvalue weighted by molar-refractivity contribution is 0.0792. The lowest BCUT2D eigenvalue weighted by Crippen LogP contribution is -2.28. The van der Waals surface area contributed by atoms with Crippen LogP contribution in [0.15, 0.2) is 0 Å². The molecule has 18 heavy (non-hydrogen) atoms. The summed E-state index contributed by atoms with van der Waals surface area (Å²) in [7, 11) is 2.11. The van der Waals surface area contributed by atoms with Crippen molar-refractivity contribution in [1.82, 2.24) is 15.1 Å². The number of rotatable bonds is 7. The summed E-state index contributed by atoms with van der Waals surface area (Å²) in [5.41, 5.74) is 0. The fourth-order valence-corrected chi connectivity index (χ4v) is 2.90. The zero-order valence-corrected chi connectivity index (χ0v) is 12.0. The van der Waals surface area contributed by atoms with E-state index in [0.29, 0.717) is 6.10 Å². The molecule has 2 heterocycles. The summed E-state index contributed by atoms with van der Waals surface area (Å²) in [6.45, 7) is 5.86. The number of likely N-dealkylation sites (N-methyl/N-ethyl adjacent to an activating group) is 1. The van der Waals surface area contributed by atoms with Crippen LogP contribution in [0.1, 0.15) is 31.2 Å². The van der Waals surface area contributed by atoms with Gasteiger partial charge >= 0.3 is 0 Å². The molecule has 5 nitrogen and oxygen atoms in total. The van der Waals surface area contributed by atoms with Gasteiger partial charge in [-0.25, -0.2) is 0 Å². The highest BCUT2D eigenvalue weighted by Crippen LogP contribution is 2.18. The van der Waals surface area contributed by atoms with Gasteiger partial charge in [-0.15, -0.1) is 10.2 Å². The molecule has 6 heteroatoms. The molecular formula is C12H22N4OS. The molecule has 2 rings (SSSR count). The number of ether oxygens (including phenoxy) is 1. The van der Waals surface area contributed by atoms with Crippen molar-refractivity contribution in [3.05, 3.63) is 5.01 Å². The van der Waals surface area contributed by atoms with E-state index in [0.717, 1.165) is 42.8 Å². The van der Waals surface area contributed by atoms with Crippen molar-refractivity contribution in [2.75, 3.05) is 32.1 Å². The highest BCUT2D eigenvalue weighted by molar-refractivity contribution is 7.15. The molecule has 0 bridgehead atoms. The van der Waals surface area contributed by atoms with Gasteiger partial charge in [-0.2, -0.15) is 0 Å². The molecule has 102 valence electrons. The summed E-state index contributed by atoms with van der Waals surface area (Å²) in [6.07, 6.45) is 3.89. The molecule has 1 unspecified atom stereocenters. The Hall–Kier alpha value is -0.720. The van der Waals surface area contributed by atoms with Crippen LogP contribution in [0.3, 0.4) is 0 Å². The monoisotopic (exact) mass is 270 g/mol. The minimum absolute atomic E-state index is 0.403. The first-order valence-electron chi connectivity index (χ1n) is 6.64. The summed E-state index contributed by atoms with van der Waals surface area (Å²) in [4.78, 5) is 2.26. The van der Waals surface area contributed by atoms with Crippen LogP contribution in [0.25, 0.3) is 0 Å². The van der Waals surface area contributed by atoms with E-state index in [9.17, 15) is 0 Å². The lowest BCUT2D eigenvalue weighted by Gasteiger charge is -2.18. The molecule has 1 aliphatic heterocycles. The van der Waals surface area contributed by atoms with Gasteiger partial charge in [0.2, 0.25) is 5.13 Å². The zero-order chi connectivity index (χ0) is 12.8. The maximum atomic E-state index is 5.63. The van der Waals surface area contributed by atoms with Crippen molar-refractivity contribution in [1.29, 1.82) is 0 Å². The van der Waals surface area contributed by atoms with Crippen molar-refractivity contribution in [2.45, 2.75) is 38.8 Å². The third-order valence-corrected chi connectivity index (χ3v) is 3.80. The molecule has 1 N–H and O–H groups in total. The third-order valence-electron chi connectivity index (χ3n) is 2.94. The van der Waals surface area contributed by atoms with Crippen LogP contribution in [0, 0.1) is 0 Å².